The molecule has 0 aromatic heterocycles. The summed E-state index contributed by atoms with van der Waals surface area (Å²) in [5.41, 5.74) is 0.424. The van der Waals surface area contributed by atoms with Crippen LogP contribution in [0.5, 0.6) is 0 Å². The maximum Gasteiger partial charge on any atom is 0.325 e. The lowest BCUT2D eigenvalue weighted by Gasteiger charge is -2.14. The van der Waals surface area contributed by atoms with Crippen molar-refractivity contribution >= 4 is 23.5 Å². The number of hydrogen-bond acceptors (Lipinski definition) is 4. The molecule has 1 amide bonds. The van der Waals surface area contributed by atoms with Crippen molar-refractivity contribution in [2.75, 3.05) is 20.7 Å². The first kappa shape index (κ1) is 15.1. The minimum atomic E-state index is -0.563. The van der Waals surface area contributed by atoms with Gasteiger partial charge in [0.1, 0.15) is 12.1 Å². The summed E-state index contributed by atoms with van der Waals surface area (Å²) in [4.78, 5) is 39.3. The Morgan fingerprint density at radius 1 is 1.29 bits per heavy atom. The van der Waals surface area contributed by atoms with Crippen molar-refractivity contribution in [3.8, 4) is 11.3 Å². The molecule has 0 atom stereocenters. The highest BCUT2D eigenvalue weighted by atomic mass is 35.5. The standard InChI is InChI=1S/C14H13ClN2O4/c1-17(7-11(18)21-2)14(20)12-9-5-3-8(15)4-6-10(9)16-13(12)19/h3-6H,7H2,1-2H3,(H,16,19). The van der Waals surface area contributed by atoms with Gasteiger partial charge in [-0.15, -0.1) is 0 Å². The molecule has 0 radical (unpaired) electrons. The summed E-state index contributed by atoms with van der Waals surface area (Å²) in [6.07, 6.45) is 0. The summed E-state index contributed by atoms with van der Waals surface area (Å²) in [5.74, 6) is -1.12. The van der Waals surface area contributed by atoms with Crippen molar-refractivity contribution in [1.29, 1.82) is 0 Å². The zero-order valence-corrected chi connectivity index (χ0v) is 12.2. The van der Waals surface area contributed by atoms with Crippen LogP contribution in [0.2, 0.25) is 5.02 Å². The number of hydrogen-bond donors (Lipinski definition) is 1. The van der Waals surface area contributed by atoms with Crippen molar-refractivity contribution < 1.29 is 14.3 Å². The van der Waals surface area contributed by atoms with Crippen molar-refractivity contribution in [2.24, 2.45) is 0 Å². The fourth-order valence-corrected chi connectivity index (χ4v) is 2.05. The summed E-state index contributed by atoms with van der Waals surface area (Å²) in [6, 6.07) is 6.42. The Labute approximate surface area is 125 Å². The fourth-order valence-electron chi connectivity index (χ4n) is 1.93. The van der Waals surface area contributed by atoms with Crippen LogP contribution in [0, 0.1) is 0 Å². The zero-order valence-electron chi connectivity index (χ0n) is 11.5. The van der Waals surface area contributed by atoms with E-state index in [-0.39, 0.29) is 12.1 Å². The molecule has 0 bridgehead atoms. The van der Waals surface area contributed by atoms with Gasteiger partial charge in [-0.05, 0) is 18.2 Å². The lowest BCUT2D eigenvalue weighted by Crippen LogP contribution is -2.34. The molecule has 21 heavy (non-hydrogen) atoms. The van der Waals surface area contributed by atoms with E-state index < -0.39 is 17.4 Å². The number of methoxy groups -OCH3 is 1. The van der Waals surface area contributed by atoms with Gasteiger partial charge < -0.3 is 14.6 Å². The van der Waals surface area contributed by atoms with Crippen LogP contribution in [0.3, 0.4) is 0 Å². The highest BCUT2D eigenvalue weighted by molar-refractivity contribution is 6.30. The second kappa shape index (κ2) is 5.97. The predicted molar refractivity (Wildman–Crippen MR) is 77.7 cm³/mol. The van der Waals surface area contributed by atoms with Gasteiger partial charge in [-0.2, -0.15) is 0 Å². The van der Waals surface area contributed by atoms with Gasteiger partial charge in [0, 0.05) is 23.3 Å². The molecule has 2 rings (SSSR count). The molecule has 0 aromatic rings. The number of likely N-dealkylation sites (N-methyl/N-ethyl adjacent to an activating group) is 1. The summed E-state index contributed by atoms with van der Waals surface area (Å²) >= 11 is 5.88. The van der Waals surface area contributed by atoms with Crippen LogP contribution in [-0.4, -0.2) is 42.5 Å². The van der Waals surface area contributed by atoms with Crippen molar-refractivity contribution in [2.45, 2.75) is 0 Å². The van der Waals surface area contributed by atoms with Crippen LogP contribution < -0.4 is 5.56 Å². The summed E-state index contributed by atoms with van der Waals surface area (Å²) in [5, 5.41) is 0.480. The molecule has 0 spiro atoms. The van der Waals surface area contributed by atoms with Crippen molar-refractivity contribution in [3.63, 3.8) is 0 Å². The molecule has 2 aliphatic rings. The first-order chi connectivity index (χ1) is 9.93. The molecule has 7 heteroatoms. The number of carbonyl (C=O) groups is 2. The van der Waals surface area contributed by atoms with Gasteiger partial charge in [-0.3, -0.25) is 14.4 Å². The molecule has 1 aliphatic heterocycles. The zero-order chi connectivity index (χ0) is 15.6. The van der Waals surface area contributed by atoms with E-state index in [1.165, 1.54) is 14.2 Å². The Bertz CT molecular complexity index is 725. The van der Waals surface area contributed by atoms with E-state index in [0.717, 1.165) is 4.90 Å². The maximum atomic E-state index is 12.3. The topological polar surface area (TPSA) is 79.5 Å². The molecule has 0 saturated carbocycles. The van der Waals surface area contributed by atoms with Gasteiger partial charge >= 0.3 is 5.97 Å². The van der Waals surface area contributed by atoms with E-state index in [1.54, 1.807) is 24.3 Å². The first-order valence-electron chi connectivity index (χ1n) is 6.08. The minimum Gasteiger partial charge on any atom is -0.468 e. The highest BCUT2D eigenvalue weighted by Gasteiger charge is 2.24. The van der Waals surface area contributed by atoms with Crippen LogP contribution in [0.25, 0.3) is 11.3 Å². The Morgan fingerprint density at radius 3 is 2.62 bits per heavy atom. The summed E-state index contributed by atoms with van der Waals surface area (Å²) < 4.78 is 4.50. The quantitative estimate of drug-likeness (QED) is 0.869. The highest BCUT2D eigenvalue weighted by Crippen LogP contribution is 2.23. The van der Waals surface area contributed by atoms with Crippen molar-refractivity contribution in [1.82, 2.24) is 9.88 Å². The largest absolute Gasteiger partial charge is 0.468 e. The molecule has 0 aromatic carbocycles. The minimum absolute atomic E-state index is 0.0244. The summed E-state index contributed by atoms with van der Waals surface area (Å²) in [7, 11) is 2.65. The number of nitrogens with one attached hydrogen (secondary N) is 1. The molecule has 0 fully saturated rings. The number of aromatic amines is 1. The van der Waals surface area contributed by atoms with Gasteiger partial charge in [0.15, 0.2) is 0 Å². The first-order valence-corrected chi connectivity index (χ1v) is 6.45. The number of rotatable bonds is 3. The number of ether oxygens (including phenoxy) is 1. The SMILES string of the molecule is COC(=O)CN(C)C(=O)c1c2ccc(Cl)ccc-2[nH]c1=O. The predicted octanol–water partition coefficient (Wildman–Crippen LogP) is 1.38. The van der Waals surface area contributed by atoms with Crippen LogP contribution in [0.1, 0.15) is 10.4 Å². The van der Waals surface area contributed by atoms with Gasteiger partial charge in [0.2, 0.25) is 0 Å². The van der Waals surface area contributed by atoms with E-state index in [1.807, 2.05) is 0 Å². The number of esters is 1. The maximum absolute atomic E-state index is 12.3. The second-order valence-electron chi connectivity index (χ2n) is 4.45. The van der Waals surface area contributed by atoms with E-state index in [9.17, 15) is 14.4 Å². The molecule has 110 valence electrons. The number of aromatic nitrogens is 1. The lowest BCUT2D eigenvalue weighted by atomic mass is 10.1. The molecule has 0 unspecified atom stereocenters. The number of nitrogens with zero attached hydrogens (tertiary/aromatic N) is 1. The third kappa shape index (κ3) is 3.05. The second-order valence-corrected chi connectivity index (χ2v) is 4.88. The van der Waals surface area contributed by atoms with Crippen LogP contribution in [0.15, 0.2) is 29.1 Å². The number of halogens is 1. The molecule has 1 N–H and O–H groups in total. The van der Waals surface area contributed by atoms with E-state index in [2.05, 4.69) is 9.72 Å². The summed E-state index contributed by atoms with van der Waals surface area (Å²) in [6.45, 7) is -0.235. The smallest absolute Gasteiger partial charge is 0.325 e. The van der Waals surface area contributed by atoms with E-state index >= 15 is 0 Å². The van der Waals surface area contributed by atoms with E-state index in [4.69, 9.17) is 11.6 Å². The molecular formula is C14H13ClN2O4. The van der Waals surface area contributed by atoms with Crippen LogP contribution >= 0.6 is 11.6 Å². The molecule has 1 heterocycles. The number of H-pyrrole nitrogens is 1. The van der Waals surface area contributed by atoms with Crippen LogP contribution in [0.4, 0.5) is 0 Å². The van der Waals surface area contributed by atoms with Gasteiger partial charge in [-0.25, -0.2) is 0 Å². The Balaban J connectivity index is 2.43. The van der Waals surface area contributed by atoms with E-state index in [0.29, 0.717) is 16.3 Å². The molecule has 1 aliphatic carbocycles. The Hall–Kier alpha value is -2.34. The molecule has 0 saturated heterocycles. The number of fused-ring (bicyclic) bond motifs is 1. The molecule has 6 nitrogen and oxygen atoms in total. The number of carbonyl (C=O) groups excluding carboxylic acids is 2. The third-order valence-electron chi connectivity index (χ3n) is 3.01. The monoisotopic (exact) mass is 308 g/mol. The van der Waals surface area contributed by atoms with Gasteiger partial charge in [0.25, 0.3) is 11.5 Å². The number of amides is 1. The Morgan fingerprint density at radius 2 is 1.95 bits per heavy atom. The average Bonchev–Trinajstić information content (AvgIpc) is 2.66. The molecular weight excluding hydrogens is 296 g/mol. The van der Waals surface area contributed by atoms with Gasteiger partial charge in [-0.1, -0.05) is 17.7 Å². The average molecular weight is 309 g/mol. The fraction of sp³-hybridized carbons (Fsp3) is 0.214. The lowest BCUT2D eigenvalue weighted by molar-refractivity contribution is -0.141. The normalized spacial score (nSPS) is 10.4. The third-order valence-corrected chi connectivity index (χ3v) is 3.26. The Kier molecular flexibility index (Phi) is 4.28. The van der Waals surface area contributed by atoms with Gasteiger partial charge in [0.05, 0.1) is 7.11 Å². The van der Waals surface area contributed by atoms with Crippen LogP contribution in [-0.2, 0) is 9.53 Å². The van der Waals surface area contributed by atoms with Crippen molar-refractivity contribution in [3.05, 3.63) is 45.2 Å².